The van der Waals surface area contributed by atoms with E-state index in [0.29, 0.717) is 0 Å². The molecule has 1 rings (SSSR count). The fourth-order valence-electron chi connectivity index (χ4n) is 0.813. The molecule has 0 aliphatic heterocycles. The van der Waals surface area contributed by atoms with Crippen LogP contribution in [0.1, 0.15) is 9.75 Å². The molecule has 0 spiro atoms. The summed E-state index contributed by atoms with van der Waals surface area (Å²) in [6.07, 6.45) is 0. The van der Waals surface area contributed by atoms with Crippen LogP contribution in [0.3, 0.4) is 0 Å². The first-order chi connectivity index (χ1) is 5.38. The highest BCUT2D eigenvalue weighted by atomic mass is 79.9. The number of thiophene rings is 1. The molecule has 6 heteroatoms. The van der Waals surface area contributed by atoms with Crippen LogP contribution < -0.4 is 5.14 Å². The van der Waals surface area contributed by atoms with Gasteiger partial charge in [0.25, 0.3) is 0 Å². The van der Waals surface area contributed by atoms with E-state index in [1.807, 2.05) is 13.0 Å². The van der Waals surface area contributed by atoms with E-state index in [1.54, 1.807) is 0 Å². The summed E-state index contributed by atoms with van der Waals surface area (Å²) in [5, 5.41) is 4.90. The third kappa shape index (κ3) is 2.85. The van der Waals surface area contributed by atoms with E-state index in [1.165, 1.54) is 11.3 Å². The predicted molar refractivity (Wildman–Crippen MR) is 53.6 cm³/mol. The van der Waals surface area contributed by atoms with Gasteiger partial charge in [0.05, 0.1) is 5.75 Å². The molecule has 1 heterocycles. The minimum atomic E-state index is -3.41. The van der Waals surface area contributed by atoms with Gasteiger partial charge < -0.3 is 0 Å². The zero-order valence-corrected chi connectivity index (χ0v) is 9.59. The van der Waals surface area contributed by atoms with Crippen molar-refractivity contribution in [3.63, 3.8) is 0 Å². The van der Waals surface area contributed by atoms with Crippen molar-refractivity contribution in [1.82, 2.24) is 0 Å². The molecule has 0 amide bonds. The Morgan fingerprint density at radius 1 is 1.67 bits per heavy atom. The lowest BCUT2D eigenvalue weighted by Gasteiger charge is -1.94. The van der Waals surface area contributed by atoms with Gasteiger partial charge in [-0.2, -0.15) is 0 Å². The van der Waals surface area contributed by atoms with Crippen molar-refractivity contribution in [3.05, 3.63) is 20.3 Å². The van der Waals surface area contributed by atoms with Crippen molar-refractivity contribution in [1.29, 1.82) is 0 Å². The minimum absolute atomic E-state index is 0.0912. The van der Waals surface area contributed by atoms with E-state index >= 15 is 0 Å². The predicted octanol–water partition coefficient (Wildman–Crippen LogP) is 1.61. The lowest BCUT2D eigenvalue weighted by Crippen LogP contribution is -2.13. The Labute approximate surface area is 83.8 Å². The Balaban J connectivity index is 2.97. The van der Waals surface area contributed by atoms with Crippen LogP contribution in [0.25, 0.3) is 0 Å². The summed E-state index contributed by atoms with van der Waals surface area (Å²) in [5.74, 6) is -0.0912. The SMILES string of the molecule is Cc1cc(Br)c(CS(N)(=O)=O)s1. The number of aryl methyl sites for hydroxylation is 1. The summed E-state index contributed by atoms with van der Waals surface area (Å²) in [7, 11) is -3.41. The van der Waals surface area contributed by atoms with Gasteiger partial charge >= 0.3 is 0 Å². The van der Waals surface area contributed by atoms with Crippen LogP contribution in [0.4, 0.5) is 0 Å². The molecule has 3 nitrogen and oxygen atoms in total. The van der Waals surface area contributed by atoms with Crippen molar-refractivity contribution < 1.29 is 8.42 Å². The minimum Gasteiger partial charge on any atom is -0.228 e. The summed E-state index contributed by atoms with van der Waals surface area (Å²) < 4.78 is 22.3. The van der Waals surface area contributed by atoms with Gasteiger partial charge in [0.2, 0.25) is 10.0 Å². The molecule has 0 aliphatic carbocycles. The zero-order valence-electron chi connectivity index (χ0n) is 6.37. The molecule has 0 saturated carbocycles. The molecule has 0 unspecified atom stereocenters. The summed E-state index contributed by atoms with van der Waals surface area (Å²) in [6, 6.07) is 1.88. The third-order valence-corrected chi connectivity index (χ3v) is 4.11. The van der Waals surface area contributed by atoms with E-state index in [2.05, 4.69) is 15.9 Å². The van der Waals surface area contributed by atoms with Crippen molar-refractivity contribution in [2.45, 2.75) is 12.7 Å². The number of rotatable bonds is 2. The quantitative estimate of drug-likeness (QED) is 0.887. The first-order valence-corrected chi connectivity index (χ1v) is 6.46. The van der Waals surface area contributed by atoms with Crippen LogP contribution >= 0.6 is 27.3 Å². The molecule has 1 aromatic rings. The monoisotopic (exact) mass is 269 g/mol. The molecule has 68 valence electrons. The van der Waals surface area contributed by atoms with E-state index in [9.17, 15) is 8.42 Å². The van der Waals surface area contributed by atoms with Crippen LogP contribution in [0, 0.1) is 6.92 Å². The van der Waals surface area contributed by atoms with E-state index in [4.69, 9.17) is 5.14 Å². The average molecular weight is 270 g/mol. The lowest BCUT2D eigenvalue weighted by molar-refractivity contribution is 0.597. The molecule has 2 N–H and O–H groups in total. The van der Waals surface area contributed by atoms with Gasteiger partial charge in [-0.3, -0.25) is 0 Å². The Morgan fingerprint density at radius 3 is 2.58 bits per heavy atom. The molecule has 0 fully saturated rings. The van der Waals surface area contributed by atoms with Crippen LogP contribution in [0.5, 0.6) is 0 Å². The van der Waals surface area contributed by atoms with Crippen molar-refractivity contribution >= 4 is 37.3 Å². The Kier molecular flexibility index (Phi) is 2.92. The lowest BCUT2D eigenvalue weighted by atomic mass is 10.5. The number of sulfonamides is 1. The van der Waals surface area contributed by atoms with Gasteiger partial charge in [-0.25, -0.2) is 13.6 Å². The second kappa shape index (κ2) is 3.45. The van der Waals surface area contributed by atoms with Crippen LogP contribution in [0.15, 0.2) is 10.5 Å². The highest BCUT2D eigenvalue weighted by Crippen LogP contribution is 2.27. The number of halogens is 1. The maximum absolute atomic E-state index is 10.7. The highest BCUT2D eigenvalue weighted by molar-refractivity contribution is 9.10. The van der Waals surface area contributed by atoms with Crippen molar-refractivity contribution in [2.75, 3.05) is 0 Å². The second-order valence-electron chi connectivity index (χ2n) is 2.44. The normalized spacial score (nSPS) is 11.9. The highest BCUT2D eigenvalue weighted by Gasteiger charge is 2.10. The van der Waals surface area contributed by atoms with Crippen molar-refractivity contribution in [3.8, 4) is 0 Å². The van der Waals surface area contributed by atoms with E-state index in [-0.39, 0.29) is 5.75 Å². The first kappa shape index (κ1) is 10.2. The maximum Gasteiger partial charge on any atom is 0.214 e. The first-order valence-electron chi connectivity index (χ1n) is 3.14. The van der Waals surface area contributed by atoms with Crippen molar-refractivity contribution in [2.24, 2.45) is 5.14 Å². The zero-order chi connectivity index (χ0) is 9.35. The number of primary sulfonamides is 1. The summed E-state index contributed by atoms with van der Waals surface area (Å²) in [6.45, 7) is 1.92. The van der Waals surface area contributed by atoms with Gasteiger partial charge in [0.15, 0.2) is 0 Å². The standard InChI is InChI=1S/C6H8BrNO2S2/c1-4-2-5(7)6(11-4)3-12(8,9)10/h2H,3H2,1H3,(H2,8,9,10). The molecular weight excluding hydrogens is 262 g/mol. The molecule has 0 bridgehead atoms. The maximum atomic E-state index is 10.7. The molecule has 0 aromatic carbocycles. The number of nitrogens with two attached hydrogens (primary N) is 1. The molecule has 12 heavy (non-hydrogen) atoms. The van der Waals surface area contributed by atoms with Crippen LogP contribution in [0.2, 0.25) is 0 Å². The van der Waals surface area contributed by atoms with Gasteiger partial charge in [0.1, 0.15) is 0 Å². The molecule has 0 aliphatic rings. The summed E-state index contributed by atoms with van der Waals surface area (Å²) >= 11 is 4.70. The molecule has 0 atom stereocenters. The van der Waals surface area contributed by atoms with E-state index in [0.717, 1.165) is 14.2 Å². The topological polar surface area (TPSA) is 60.2 Å². The Bertz CT molecular complexity index is 382. The molecule has 0 radical (unpaired) electrons. The fourth-order valence-corrected chi connectivity index (χ4v) is 3.85. The van der Waals surface area contributed by atoms with Gasteiger partial charge in [0, 0.05) is 14.2 Å². The Morgan fingerprint density at radius 2 is 2.25 bits per heavy atom. The summed E-state index contributed by atoms with van der Waals surface area (Å²) in [5.41, 5.74) is 0. The smallest absolute Gasteiger partial charge is 0.214 e. The van der Waals surface area contributed by atoms with Gasteiger partial charge in [-0.1, -0.05) is 0 Å². The van der Waals surface area contributed by atoms with E-state index < -0.39 is 10.0 Å². The third-order valence-electron chi connectivity index (χ3n) is 1.21. The van der Waals surface area contributed by atoms with Crippen LogP contribution in [-0.2, 0) is 15.8 Å². The number of hydrogen-bond donors (Lipinski definition) is 1. The number of hydrogen-bond acceptors (Lipinski definition) is 3. The summed E-state index contributed by atoms with van der Waals surface area (Å²) in [4.78, 5) is 1.83. The molecular formula is C6H8BrNO2S2. The second-order valence-corrected chi connectivity index (χ2v) is 6.24. The van der Waals surface area contributed by atoms with Crippen LogP contribution in [-0.4, -0.2) is 8.42 Å². The molecule has 0 saturated heterocycles. The fraction of sp³-hybridized carbons (Fsp3) is 0.333. The largest absolute Gasteiger partial charge is 0.228 e. The van der Waals surface area contributed by atoms with Gasteiger partial charge in [-0.15, -0.1) is 11.3 Å². The van der Waals surface area contributed by atoms with Gasteiger partial charge in [-0.05, 0) is 28.9 Å². The Hall–Kier alpha value is 0.0900. The average Bonchev–Trinajstić information content (AvgIpc) is 2.06. The molecule has 1 aromatic heterocycles.